The van der Waals surface area contributed by atoms with E-state index in [1.165, 1.54) is 0 Å². The molecule has 10 heavy (non-hydrogen) atoms. The summed E-state index contributed by atoms with van der Waals surface area (Å²) < 4.78 is 12.3. The summed E-state index contributed by atoms with van der Waals surface area (Å²) in [5.74, 6) is 0. The van der Waals surface area contributed by atoms with Gasteiger partial charge in [0.1, 0.15) is 6.17 Å². The summed E-state index contributed by atoms with van der Waals surface area (Å²) in [4.78, 5) is 0. The molecule has 0 saturated carbocycles. The van der Waals surface area contributed by atoms with Gasteiger partial charge >= 0.3 is 0 Å². The van der Waals surface area contributed by atoms with Gasteiger partial charge in [-0.2, -0.15) is 0 Å². The molecule has 0 aromatic carbocycles. The van der Waals surface area contributed by atoms with Gasteiger partial charge in [0.05, 0.1) is 6.61 Å². The second kappa shape index (κ2) is 6.75. The van der Waals surface area contributed by atoms with Gasteiger partial charge in [0.25, 0.3) is 0 Å². The number of halogens is 1. The summed E-state index contributed by atoms with van der Waals surface area (Å²) in [5, 5.41) is 8.29. The molecule has 0 aromatic heterocycles. The number of allylic oxidation sites excluding steroid dienone is 2. The fraction of sp³-hybridized carbons (Fsp3) is 0.750. The van der Waals surface area contributed by atoms with E-state index in [2.05, 4.69) is 0 Å². The molecule has 0 aromatic rings. The molecule has 60 valence electrons. The molecule has 0 aliphatic carbocycles. The molecular formula is C8H15FO. The number of hydrogen-bond donors (Lipinski definition) is 1. The molecule has 0 radical (unpaired) electrons. The van der Waals surface area contributed by atoms with Crippen molar-refractivity contribution in [1.82, 2.24) is 0 Å². The monoisotopic (exact) mass is 146 g/mol. The van der Waals surface area contributed by atoms with E-state index < -0.39 is 6.17 Å². The molecule has 0 aliphatic heterocycles. The number of aliphatic hydroxyl groups excluding tert-OH is 1. The quantitative estimate of drug-likeness (QED) is 0.589. The molecule has 1 N–H and O–H groups in total. The van der Waals surface area contributed by atoms with Crippen LogP contribution in [0.2, 0.25) is 0 Å². The number of aliphatic hydroxyl groups is 1. The molecule has 0 rings (SSSR count). The van der Waals surface area contributed by atoms with E-state index >= 15 is 0 Å². The standard InChI is InChI=1S/C8H15FO/c1-2-3-4-5-6-8(9)7-10/h3-4,8,10H,2,5-7H2,1H3. The molecule has 0 heterocycles. The van der Waals surface area contributed by atoms with Crippen LogP contribution in [0.15, 0.2) is 12.2 Å². The van der Waals surface area contributed by atoms with Crippen molar-refractivity contribution in [3.63, 3.8) is 0 Å². The lowest BCUT2D eigenvalue weighted by Gasteiger charge is -1.99. The van der Waals surface area contributed by atoms with Crippen LogP contribution in [-0.2, 0) is 0 Å². The van der Waals surface area contributed by atoms with Crippen LogP contribution in [0.1, 0.15) is 26.2 Å². The van der Waals surface area contributed by atoms with E-state index in [-0.39, 0.29) is 6.61 Å². The lowest BCUT2D eigenvalue weighted by molar-refractivity contribution is 0.171. The lowest BCUT2D eigenvalue weighted by Crippen LogP contribution is -2.04. The predicted molar refractivity (Wildman–Crippen MR) is 40.6 cm³/mol. The molecule has 0 spiro atoms. The summed E-state index contributed by atoms with van der Waals surface area (Å²) in [7, 11) is 0. The zero-order valence-electron chi connectivity index (χ0n) is 6.39. The minimum Gasteiger partial charge on any atom is -0.393 e. The first-order valence-corrected chi connectivity index (χ1v) is 3.71. The summed E-state index contributed by atoms with van der Waals surface area (Å²) in [6.45, 7) is 1.69. The normalized spacial score (nSPS) is 14.3. The fourth-order valence-electron chi connectivity index (χ4n) is 0.653. The Morgan fingerprint density at radius 2 is 2.20 bits per heavy atom. The average molecular weight is 146 g/mol. The third-order valence-electron chi connectivity index (χ3n) is 1.25. The van der Waals surface area contributed by atoms with Gasteiger partial charge in [-0.25, -0.2) is 4.39 Å². The van der Waals surface area contributed by atoms with Gasteiger partial charge < -0.3 is 5.11 Å². The maximum atomic E-state index is 12.3. The Labute approximate surface area is 61.6 Å². The van der Waals surface area contributed by atoms with Crippen LogP contribution in [0.5, 0.6) is 0 Å². The van der Waals surface area contributed by atoms with E-state index in [9.17, 15) is 4.39 Å². The van der Waals surface area contributed by atoms with Crippen molar-refractivity contribution < 1.29 is 9.50 Å². The Bertz CT molecular complexity index is 91.3. The van der Waals surface area contributed by atoms with Crippen molar-refractivity contribution in [2.45, 2.75) is 32.4 Å². The van der Waals surface area contributed by atoms with E-state index in [4.69, 9.17) is 5.11 Å². The second-order valence-electron chi connectivity index (χ2n) is 2.24. The Morgan fingerprint density at radius 1 is 1.50 bits per heavy atom. The van der Waals surface area contributed by atoms with Crippen LogP contribution in [-0.4, -0.2) is 17.9 Å². The molecule has 1 atom stereocenters. The van der Waals surface area contributed by atoms with E-state index in [0.29, 0.717) is 6.42 Å². The predicted octanol–water partition coefficient (Wildman–Crippen LogP) is 2.06. The molecule has 1 nitrogen and oxygen atoms in total. The van der Waals surface area contributed by atoms with Crippen LogP contribution in [0, 0.1) is 0 Å². The van der Waals surface area contributed by atoms with Crippen molar-refractivity contribution in [2.75, 3.05) is 6.61 Å². The molecule has 0 bridgehead atoms. The van der Waals surface area contributed by atoms with E-state index in [1.807, 2.05) is 19.1 Å². The van der Waals surface area contributed by atoms with Gasteiger partial charge in [-0.15, -0.1) is 0 Å². The largest absolute Gasteiger partial charge is 0.393 e. The molecular weight excluding hydrogens is 131 g/mol. The van der Waals surface area contributed by atoms with Crippen molar-refractivity contribution in [3.05, 3.63) is 12.2 Å². The zero-order chi connectivity index (χ0) is 7.82. The van der Waals surface area contributed by atoms with E-state index in [0.717, 1.165) is 12.8 Å². The van der Waals surface area contributed by atoms with Gasteiger partial charge in [-0.05, 0) is 19.3 Å². The van der Waals surface area contributed by atoms with Gasteiger partial charge in [-0.3, -0.25) is 0 Å². The van der Waals surface area contributed by atoms with Gasteiger partial charge in [0.15, 0.2) is 0 Å². The van der Waals surface area contributed by atoms with Gasteiger partial charge in [0.2, 0.25) is 0 Å². The first-order chi connectivity index (χ1) is 4.81. The van der Waals surface area contributed by atoms with Crippen molar-refractivity contribution in [3.8, 4) is 0 Å². The fourth-order valence-corrected chi connectivity index (χ4v) is 0.653. The SMILES string of the molecule is CCC=CCCC(F)CO. The molecule has 0 amide bonds. The van der Waals surface area contributed by atoms with E-state index in [1.54, 1.807) is 0 Å². The Hall–Kier alpha value is -0.370. The van der Waals surface area contributed by atoms with Gasteiger partial charge in [0, 0.05) is 0 Å². The summed E-state index contributed by atoms with van der Waals surface area (Å²) in [6.07, 6.45) is 5.08. The molecule has 0 saturated heterocycles. The smallest absolute Gasteiger partial charge is 0.123 e. The summed E-state index contributed by atoms with van der Waals surface area (Å²) in [6, 6.07) is 0. The van der Waals surface area contributed by atoms with Gasteiger partial charge in [-0.1, -0.05) is 19.1 Å². The van der Waals surface area contributed by atoms with Crippen LogP contribution >= 0.6 is 0 Å². The minimum absolute atomic E-state index is 0.347. The summed E-state index contributed by atoms with van der Waals surface area (Å²) >= 11 is 0. The first kappa shape index (κ1) is 9.63. The van der Waals surface area contributed by atoms with Crippen LogP contribution < -0.4 is 0 Å². The highest BCUT2D eigenvalue weighted by Gasteiger charge is 2.00. The summed E-state index contributed by atoms with van der Waals surface area (Å²) in [5.41, 5.74) is 0. The van der Waals surface area contributed by atoms with Crippen LogP contribution in [0.4, 0.5) is 4.39 Å². The molecule has 1 unspecified atom stereocenters. The third kappa shape index (κ3) is 5.76. The molecule has 0 fully saturated rings. The number of alkyl halides is 1. The maximum Gasteiger partial charge on any atom is 0.123 e. The molecule has 2 heteroatoms. The highest BCUT2D eigenvalue weighted by molar-refractivity contribution is 4.80. The topological polar surface area (TPSA) is 20.2 Å². The first-order valence-electron chi connectivity index (χ1n) is 3.71. The molecule has 0 aliphatic rings. The highest BCUT2D eigenvalue weighted by Crippen LogP contribution is 2.01. The van der Waals surface area contributed by atoms with Crippen LogP contribution in [0.3, 0.4) is 0 Å². The Morgan fingerprint density at radius 3 is 2.70 bits per heavy atom. The minimum atomic E-state index is -1.04. The Kier molecular flexibility index (Phi) is 6.50. The number of rotatable bonds is 5. The zero-order valence-corrected chi connectivity index (χ0v) is 6.39. The van der Waals surface area contributed by atoms with Crippen molar-refractivity contribution >= 4 is 0 Å². The second-order valence-corrected chi connectivity index (χ2v) is 2.24. The maximum absolute atomic E-state index is 12.3. The number of hydrogen-bond acceptors (Lipinski definition) is 1. The third-order valence-corrected chi connectivity index (χ3v) is 1.25. The van der Waals surface area contributed by atoms with Crippen LogP contribution in [0.25, 0.3) is 0 Å². The highest BCUT2D eigenvalue weighted by atomic mass is 19.1. The van der Waals surface area contributed by atoms with Crippen molar-refractivity contribution in [1.29, 1.82) is 0 Å². The average Bonchev–Trinajstić information content (AvgIpc) is 1.98. The van der Waals surface area contributed by atoms with Crippen molar-refractivity contribution in [2.24, 2.45) is 0 Å². The lowest BCUT2D eigenvalue weighted by atomic mass is 10.2. The Balaban J connectivity index is 3.10.